The predicted molar refractivity (Wildman–Crippen MR) is 110 cm³/mol. The van der Waals surface area contributed by atoms with E-state index in [-0.39, 0.29) is 18.4 Å². The normalized spacial score (nSPS) is 18.6. The van der Waals surface area contributed by atoms with Crippen LogP contribution in [0.15, 0.2) is 24.3 Å². The second kappa shape index (κ2) is 9.54. The summed E-state index contributed by atoms with van der Waals surface area (Å²) in [5.74, 6) is -0.989. The van der Waals surface area contributed by atoms with Crippen molar-refractivity contribution in [3.8, 4) is 0 Å². The van der Waals surface area contributed by atoms with Crippen LogP contribution in [0.4, 0.5) is 10.5 Å². The van der Waals surface area contributed by atoms with Crippen LogP contribution in [0.5, 0.6) is 0 Å². The molecule has 158 valence electrons. The van der Waals surface area contributed by atoms with Crippen LogP contribution in [0.3, 0.4) is 0 Å². The van der Waals surface area contributed by atoms with Crippen molar-refractivity contribution in [2.45, 2.75) is 51.5 Å². The van der Waals surface area contributed by atoms with Crippen molar-refractivity contribution in [3.05, 3.63) is 29.8 Å². The summed E-state index contributed by atoms with van der Waals surface area (Å²) in [5.41, 5.74) is 0.0277. The Morgan fingerprint density at radius 2 is 1.76 bits per heavy atom. The molecule has 1 atom stereocenters. The van der Waals surface area contributed by atoms with Crippen molar-refractivity contribution < 1.29 is 19.2 Å². The molecular formula is C21H30N4O4. The van der Waals surface area contributed by atoms with E-state index in [1.165, 1.54) is 4.90 Å². The molecule has 0 aromatic heterocycles. The maximum Gasteiger partial charge on any atom is 0.325 e. The zero-order valence-corrected chi connectivity index (χ0v) is 17.6. The monoisotopic (exact) mass is 402 g/mol. The van der Waals surface area contributed by atoms with Crippen LogP contribution in [-0.2, 0) is 9.59 Å². The van der Waals surface area contributed by atoms with Crippen LogP contribution in [0, 0.1) is 0 Å². The number of rotatable bonds is 9. The molecule has 0 saturated carbocycles. The molecule has 1 aliphatic rings. The Morgan fingerprint density at radius 3 is 2.34 bits per heavy atom. The Balaban J connectivity index is 1.93. The highest BCUT2D eigenvalue weighted by Crippen LogP contribution is 2.24. The number of hydrogen-bond acceptors (Lipinski definition) is 4. The number of imide groups is 1. The van der Waals surface area contributed by atoms with E-state index in [0.29, 0.717) is 17.7 Å². The molecule has 1 heterocycles. The first kappa shape index (κ1) is 22.4. The Labute approximate surface area is 171 Å². The van der Waals surface area contributed by atoms with Crippen LogP contribution in [0.1, 0.15) is 56.3 Å². The van der Waals surface area contributed by atoms with Gasteiger partial charge in [0.25, 0.3) is 11.8 Å². The lowest BCUT2D eigenvalue weighted by Gasteiger charge is -2.21. The highest BCUT2D eigenvalue weighted by atomic mass is 16.2. The summed E-state index contributed by atoms with van der Waals surface area (Å²) in [6.07, 6.45) is 4.57. The van der Waals surface area contributed by atoms with E-state index >= 15 is 0 Å². The van der Waals surface area contributed by atoms with Gasteiger partial charge in [0, 0.05) is 25.3 Å². The molecule has 0 unspecified atom stereocenters. The van der Waals surface area contributed by atoms with Crippen LogP contribution in [0.2, 0.25) is 0 Å². The lowest BCUT2D eigenvalue weighted by atomic mass is 9.94. The molecule has 29 heavy (non-hydrogen) atoms. The number of urea groups is 1. The number of carbonyl (C=O) groups is 4. The third-order valence-corrected chi connectivity index (χ3v) is 5.00. The number of nitrogens with one attached hydrogen (secondary N) is 2. The van der Waals surface area contributed by atoms with Gasteiger partial charge in [-0.1, -0.05) is 32.6 Å². The first-order chi connectivity index (χ1) is 13.7. The second-order valence-corrected chi connectivity index (χ2v) is 7.79. The van der Waals surface area contributed by atoms with Gasteiger partial charge in [0.2, 0.25) is 5.91 Å². The summed E-state index contributed by atoms with van der Waals surface area (Å²) >= 11 is 0. The fraction of sp³-hybridized carbons (Fsp3) is 0.524. The van der Waals surface area contributed by atoms with Crippen molar-refractivity contribution in [1.82, 2.24) is 15.1 Å². The average Bonchev–Trinajstić information content (AvgIpc) is 2.88. The molecule has 5 amide bonds. The molecule has 1 aliphatic heterocycles. The maximum atomic E-state index is 12.7. The largest absolute Gasteiger partial charge is 0.345 e. The van der Waals surface area contributed by atoms with Gasteiger partial charge in [-0.15, -0.1) is 0 Å². The number of unbranched alkanes of at least 4 members (excludes halogenated alkanes) is 3. The molecule has 2 N–H and O–H groups in total. The number of benzene rings is 1. The van der Waals surface area contributed by atoms with Gasteiger partial charge in [0.15, 0.2) is 0 Å². The average molecular weight is 402 g/mol. The van der Waals surface area contributed by atoms with Crippen molar-refractivity contribution in [2.24, 2.45) is 0 Å². The molecule has 0 radical (unpaired) electrons. The number of anilines is 1. The van der Waals surface area contributed by atoms with Crippen molar-refractivity contribution in [1.29, 1.82) is 0 Å². The highest BCUT2D eigenvalue weighted by Gasteiger charge is 2.47. The lowest BCUT2D eigenvalue weighted by molar-refractivity contribution is -0.133. The Hall–Kier alpha value is -2.90. The summed E-state index contributed by atoms with van der Waals surface area (Å²) in [5, 5.41) is 5.38. The van der Waals surface area contributed by atoms with E-state index in [0.717, 1.165) is 30.6 Å². The van der Waals surface area contributed by atoms with E-state index in [2.05, 4.69) is 17.6 Å². The van der Waals surface area contributed by atoms with Crippen LogP contribution >= 0.6 is 0 Å². The van der Waals surface area contributed by atoms with Gasteiger partial charge < -0.3 is 15.5 Å². The number of carbonyl (C=O) groups excluding carboxylic acids is 4. The molecule has 1 saturated heterocycles. The SMILES string of the molecule is CCCCCC[C@@]1(C)NC(=O)N(CC(=O)Nc2ccc(C(=O)N(C)C)cc2)C1=O. The van der Waals surface area contributed by atoms with Crippen LogP contribution < -0.4 is 10.6 Å². The van der Waals surface area contributed by atoms with Crippen LogP contribution in [-0.4, -0.2) is 59.7 Å². The standard InChI is InChI=1S/C21H30N4O4/c1-5-6-7-8-13-21(2)19(28)25(20(29)23-21)14-17(26)22-16-11-9-15(10-12-16)18(27)24(3)4/h9-12H,5-8,13-14H2,1-4H3,(H,22,26)(H,23,29)/t21-/m1/s1. The van der Waals surface area contributed by atoms with E-state index in [4.69, 9.17) is 0 Å². The molecule has 1 aromatic carbocycles. The summed E-state index contributed by atoms with van der Waals surface area (Å²) < 4.78 is 0. The highest BCUT2D eigenvalue weighted by molar-refractivity contribution is 6.10. The fourth-order valence-corrected chi connectivity index (χ4v) is 3.26. The first-order valence-electron chi connectivity index (χ1n) is 9.93. The third kappa shape index (κ3) is 5.56. The number of nitrogens with zero attached hydrogens (tertiary/aromatic N) is 2. The van der Waals surface area contributed by atoms with Crippen molar-refractivity contribution in [3.63, 3.8) is 0 Å². The predicted octanol–water partition coefficient (Wildman–Crippen LogP) is 2.61. The third-order valence-electron chi connectivity index (χ3n) is 5.00. The molecule has 2 rings (SSSR count). The van der Waals surface area contributed by atoms with E-state index in [1.807, 2.05) is 0 Å². The molecule has 0 aliphatic carbocycles. The Morgan fingerprint density at radius 1 is 1.10 bits per heavy atom. The minimum atomic E-state index is -0.959. The summed E-state index contributed by atoms with van der Waals surface area (Å²) in [4.78, 5) is 51.6. The molecule has 8 nitrogen and oxygen atoms in total. The minimum Gasteiger partial charge on any atom is -0.345 e. The Bertz CT molecular complexity index is 775. The summed E-state index contributed by atoms with van der Waals surface area (Å²) in [7, 11) is 3.32. The maximum absolute atomic E-state index is 12.7. The van der Waals surface area contributed by atoms with Gasteiger partial charge >= 0.3 is 6.03 Å². The van der Waals surface area contributed by atoms with Crippen LogP contribution in [0.25, 0.3) is 0 Å². The Kier molecular flexibility index (Phi) is 7.36. The van der Waals surface area contributed by atoms with E-state index in [1.54, 1.807) is 45.3 Å². The fourth-order valence-electron chi connectivity index (χ4n) is 3.26. The number of hydrogen-bond donors (Lipinski definition) is 2. The van der Waals surface area contributed by atoms with Crippen molar-refractivity contribution >= 4 is 29.4 Å². The quantitative estimate of drug-likeness (QED) is 0.490. The van der Waals surface area contributed by atoms with Gasteiger partial charge in [0.1, 0.15) is 12.1 Å². The minimum absolute atomic E-state index is 0.138. The summed E-state index contributed by atoms with van der Waals surface area (Å²) in [6, 6.07) is 5.89. The summed E-state index contributed by atoms with van der Waals surface area (Å²) in [6.45, 7) is 3.46. The zero-order valence-electron chi connectivity index (χ0n) is 17.6. The van der Waals surface area contributed by atoms with Crippen molar-refractivity contribution in [2.75, 3.05) is 26.0 Å². The van der Waals surface area contributed by atoms with Gasteiger partial charge in [-0.2, -0.15) is 0 Å². The molecule has 0 bridgehead atoms. The zero-order chi connectivity index (χ0) is 21.6. The van der Waals surface area contributed by atoms with E-state index < -0.39 is 17.5 Å². The van der Waals surface area contributed by atoms with Gasteiger partial charge in [-0.25, -0.2) is 4.79 Å². The van der Waals surface area contributed by atoms with Gasteiger partial charge in [-0.05, 0) is 37.6 Å². The first-order valence-corrected chi connectivity index (χ1v) is 9.93. The molecule has 1 fully saturated rings. The molecular weight excluding hydrogens is 372 g/mol. The van der Waals surface area contributed by atoms with Gasteiger partial charge in [-0.3, -0.25) is 19.3 Å². The lowest BCUT2D eigenvalue weighted by Crippen LogP contribution is -2.44. The second-order valence-electron chi connectivity index (χ2n) is 7.79. The molecule has 1 aromatic rings. The van der Waals surface area contributed by atoms with Gasteiger partial charge in [0.05, 0.1) is 0 Å². The molecule has 8 heteroatoms. The van der Waals surface area contributed by atoms with E-state index in [9.17, 15) is 19.2 Å². The molecule has 0 spiro atoms. The smallest absolute Gasteiger partial charge is 0.325 e. The number of amides is 5. The topological polar surface area (TPSA) is 98.8 Å².